The number of hydrogen-bond donors (Lipinski definition) is 1. The van der Waals surface area contributed by atoms with E-state index in [4.69, 9.17) is 0 Å². The van der Waals surface area contributed by atoms with Gasteiger partial charge in [-0.2, -0.15) is 5.26 Å². The minimum atomic E-state index is -0.959. The second kappa shape index (κ2) is 11.9. The van der Waals surface area contributed by atoms with Crippen LogP contribution in [-0.4, -0.2) is 29.3 Å². The number of likely N-dealkylation sites (tertiary alicyclic amines) is 1. The molecule has 35 heavy (non-hydrogen) atoms. The Morgan fingerprint density at radius 3 is 2.54 bits per heavy atom. The second-order valence-electron chi connectivity index (χ2n) is 9.52. The zero-order valence-electron chi connectivity index (χ0n) is 20.4. The molecule has 0 aliphatic carbocycles. The number of amides is 2. The molecule has 1 unspecified atom stereocenters. The van der Waals surface area contributed by atoms with Crippen LogP contribution in [0.25, 0.3) is 0 Å². The van der Waals surface area contributed by atoms with Crippen LogP contribution in [0.5, 0.6) is 0 Å². The number of hydrogen-bond acceptors (Lipinski definition) is 3. The Hall–Kier alpha value is -3.27. The Labute approximate surface area is 206 Å². The van der Waals surface area contributed by atoms with Gasteiger partial charge in [0.1, 0.15) is 6.04 Å². The van der Waals surface area contributed by atoms with E-state index in [1.165, 1.54) is 6.07 Å². The largest absolute Gasteiger partial charge is 0.350 e. The molecule has 1 saturated heterocycles. The Morgan fingerprint density at radius 1 is 1.14 bits per heavy atom. The van der Waals surface area contributed by atoms with Crippen LogP contribution in [0.1, 0.15) is 63.5 Å². The first kappa shape index (κ1) is 26.3. The van der Waals surface area contributed by atoms with Gasteiger partial charge < -0.3 is 10.2 Å². The van der Waals surface area contributed by atoms with Crippen molar-refractivity contribution in [2.24, 2.45) is 5.92 Å². The summed E-state index contributed by atoms with van der Waals surface area (Å²) in [7, 11) is 0. The van der Waals surface area contributed by atoms with E-state index in [0.29, 0.717) is 37.8 Å². The monoisotopic (exact) mass is 481 g/mol. The van der Waals surface area contributed by atoms with Crippen molar-refractivity contribution < 1.29 is 18.4 Å². The van der Waals surface area contributed by atoms with E-state index in [9.17, 15) is 23.6 Å². The molecule has 0 spiro atoms. The number of benzene rings is 2. The number of carbonyl (C=O) groups is 2. The van der Waals surface area contributed by atoms with Gasteiger partial charge in [-0.25, -0.2) is 8.78 Å². The number of rotatable bonds is 10. The lowest BCUT2D eigenvalue weighted by atomic mass is 9.69. The fourth-order valence-corrected chi connectivity index (χ4v) is 4.87. The minimum absolute atomic E-state index is 0.0673. The number of nitrogens with one attached hydrogen (secondary N) is 1. The zero-order valence-corrected chi connectivity index (χ0v) is 20.4. The molecule has 0 saturated carbocycles. The first-order chi connectivity index (χ1) is 16.8. The molecule has 1 N–H and O–H groups in total. The summed E-state index contributed by atoms with van der Waals surface area (Å²) in [5.41, 5.74) is 0.860. The van der Waals surface area contributed by atoms with Gasteiger partial charge in [0, 0.05) is 19.5 Å². The van der Waals surface area contributed by atoms with Gasteiger partial charge in [0.05, 0.1) is 11.5 Å². The Balaban J connectivity index is 1.52. The molecule has 0 aromatic heterocycles. The van der Waals surface area contributed by atoms with Gasteiger partial charge in [0.2, 0.25) is 11.8 Å². The van der Waals surface area contributed by atoms with E-state index >= 15 is 0 Å². The second-order valence-corrected chi connectivity index (χ2v) is 9.52. The number of nitriles is 1. The molecule has 7 heteroatoms. The molecule has 2 aromatic carbocycles. The van der Waals surface area contributed by atoms with E-state index in [0.717, 1.165) is 30.5 Å². The summed E-state index contributed by atoms with van der Waals surface area (Å²) >= 11 is 0. The van der Waals surface area contributed by atoms with E-state index in [-0.39, 0.29) is 24.3 Å². The molecule has 1 aliphatic heterocycles. The van der Waals surface area contributed by atoms with Crippen LogP contribution in [-0.2, 0) is 21.5 Å². The summed E-state index contributed by atoms with van der Waals surface area (Å²) in [5.74, 6) is -2.11. The standard InChI is InChI=1S/C28H33F2N3O2/c1-20(2)28(19-31,22-9-4-3-5-10-22)15-7-6-12-26(34)33-16-8-11-25(33)27(35)32-18-21-13-14-23(29)24(30)17-21/h3-5,9-10,13-14,17,20,25H,6-8,11-12,15-16,18H2,1-2H3,(H,32,35)/t25-,28?/m1/s1. The minimum Gasteiger partial charge on any atom is -0.350 e. The van der Waals surface area contributed by atoms with Gasteiger partial charge in [0.25, 0.3) is 0 Å². The van der Waals surface area contributed by atoms with Crippen molar-refractivity contribution in [3.63, 3.8) is 0 Å². The summed E-state index contributed by atoms with van der Waals surface area (Å²) < 4.78 is 26.5. The Kier molecular flexibility index (Phi) is 8.97. The third kappa shape index (κ3) is 6.25. The topological polar surface area (TPSA) is 73.2 Å². The molecule has 5 nitrogen and oxygen atoms in total. The molecule has 1 heterocycles. The zero-order chi connectivity index (χ0) is 25.4. The SMILES string of the molecule is CC(C)C(C#N)(CCCCC(=O)N1CCC[C@@H]1C(=O)NCc1ccc(F)c(F)c1)c1ccccc1. The molecule has 2 amide bonds. The maximum atomic E-state index is 13.4. The smallest absolute Gasteiger partial charge is 0.243 e. The fraction of sp³-hybridized carbons (Fsp3) is 0.464. The van der Waals surface area contributed by atoms with Crippen LogP contribution in [0.15, 0.2) is 48.5 Å². The van der Waals surface area contributed by atoms with Gasteiger partial charge >= 0.3 is 0 Å². The van der Waals surface area contributed by atoms with Gasteiger partial charge in [-0.3, -0.25) is 9.59 Å². The average molecular weight is 482 g/mol. The van der Waals surface area contributed by atoms with Crippen LogP contribution in [0, 0.1) is 28.9 Å². The number of unbranched alkanes of at least 4 members (excludes halogenated alkanes) is 1. The van der Waals surface area contributed by atoms with Crippen molar-refractivity contribution in [1.29, 1.82) is 5.26 Å². The molecule has 2 aromatic rings. The summed E-state index contributed by atoms with van der Waals surface area (Å²) in [6.45, 7) is 4.70. The van der Waals surface area contributed by atoms with Crippen LogP contribution in [0.3, 0.4) is 0 Å². The Bertz CT molecular complexity index is 1070. The molecule has 0 radical (unpaired) electrons. The number of nitrogens with zero attached hydrogens (tertiary/aromatic N) is 2. The highest BCUT2D eigenvalue weighted by atomic mass is 19.2. The molecule has 3 rings (SSSR count). The van der Waals surface area contributed by atoms with E-state index in [1.807, 2.05) is 30.3 Å². The normalized spacial score (nSPS) is 17.1. The third-order valence-corrected chi connectivity index (χ3v) is 7.01. The summed E-state index contributed by atoms with van der Waals surface area (Å²) in [6, 6.07) is 15.3. The first-order valence-corrected chi connectivity index (χ1v) is 12.3. The van der Waals surface area contributed by atoms with Gasteiger partial charge in [-0.1, -0.05) is 56.7 Å². The molecule has 1 fully saturated rings. The quantitative estimate of drug-likeness (QED) is 0.471. The lowest BCUT2D eigenvalue weighted by Crippen LogP contribution is -2.45. The van der Waals surface area contributed by atoms with Gasteiger partial charge in [0.15, 0.2) is 11.6 Å². The molecule has 186 valence electrons. The number of carbonyl (C=O) groups excluding carboxylic acids is 2. The molecular formula is C28H33F2N3O2. The van der Waals surface area contributed by atoms with Crippen molar-refractivity contribution in [3.8, 4) is 6.07 Å². The van der Waals surface area contributed by atoms with Crippen molar-refractivity contribution in [1.82, 2.24) is 10.2 Å². The van der Waals surface area contributed by atoms with Crippen LogP contribution < -0.4 is 5.32 Å². The highest BCUT2D eigenvalue weighted by molar-refractivity contribution is 5.88. The highest BCUT2D eigenvalue weighted by Crippen LogP contribution is 2.37. The lowest BCUT2D eigenvalue weighted by Gasteiger charge is -2.31. The number of halogens is 2. The predicted octanol–water partition coefficient (Wildman–Crippen LogP) is 5.25. The van der Waals surface area contributed by atoms with Crippen LogP contribution in [0.4, 0.5) is 8.78 Å². The fourth-order valence-electron chi connectivity index (χ4n) is 4.87. The highest BCUT2D eigenvalue weighted by Gasteiger charge is 2.36. The van der Waals surface area contributed by atoms with E-state index in [2.05, 4.69) is 25.2 Å². The van der Waals surface area contributed by atoms with E-state index < -0.39 is 23.1 Å². The predicted molar refractivity (Wildman–Crippen MR) is 130 cm³/mol. The average Bonchev–Trinajstić information content (AvgIpc) is 3.35. The van der Waals surface area contributed by atoms with Crippen molar-refractivity contribution in [2.45, 2.75) is 70.4 Å². The molecule has 0 bridgehead atoms. The lowest BCUT2D eigenvalue weighted by molar-refractivity contribution is -0.138. The molecular weight excluding hydrogens is 448 g/mol. The van der Waals surface area contributed by atoms with Crippen LogP contribution in [0.2, 0.25) is 0 Å². The summed E-state index contributed by atoms with van der Waals surface area (Å²) in [6.07, 6.45) is 3.68. The summed E-state index contributed by atoms with van der Waals surface area (Å²) in [5, 5.41) is 12.8. The van der Waals surface area contributed by atoms with Crippen molar-refractivity contribution in [2.75, 3.05) is 6.54 Å². The maximum absolute atomic E-state index is 13.4. The summed E-state index contributed by atoms with van der Waals surface area (Å²) in [4.78, 5) is 27.2. The van der Waals surface area contributed by atoms with Gasteiger partial charge in [-0.15, -0.1) is 0 Å². The van der Waals surface area contributed by atoms with Gasteiger partial charge in [-0.05, 0) is 54.9 Å². The third-order valence-electron chi connectivity index (χ3n) is 7.01. The maximum Gasteiger partial charge on any atom is 0.243 e. The Morgan fingerprint density at radius 2 is 1.89 bits per heavy atom. The van der Waals surface area contributed by atoms with E-state index in [1.54, 1.807) is 4.90 Å². The molecule has 2 atom stereocenters. The van der Waals surface area contributed by atoms with Crippen LogP contribution >= 0.6 is 0 Å². The van der Waals surface area contributed by atoms with Crippen molar-refractivity contribution in [3.05, 3.63) is 71.3 Å². The first-order valence-electron chi connectivity index (χ1n) is 12.3. The molecule has 1 aliphatic rings. The van der Waals surface area contributed by atoms with Crippen molar-refractivity contribution >= 4 is 11.8 Å².